The van der Waals surface area contributed by atoms with Crippen molar-refractivity contribution in [2.45, 2.75) is 13.0 Å². The lowest BCUT2D eigenvalue weighted by Crippen LogP contribution is -2.18. The van der Waals surface area contributed by atoms with E-state index in [1.807, 2.05) is 30.3 Å². The summed E-state index contributed by atoms with van der Waals surface area (Å²) in [4.78, 5) is 0. The first kappa shape index (κ1) is 12.2. The maximum atomic E-state index is 8.38. The fraction of sp³-hybridized carbons (Fsp3) is 0.400. The van der Waals surface area contributed by atoms with Gasteiger partial charge in [-0.05, 0) is 12.0 Å². The first-order valence-electron chi connectivity index (χ1n) is 4.88. The van der Waals surface area contributed by atoms with Gasteiger partial charge in [-0.1, -0.05) is 30.3 Å². The van der Waals surface area contributed by atoms with E-state index < -0.39 is 7.32 Å². The van der Waals surface area contributed by atoms with Crippen LogP contribution in [0.2, 0.25) is 0 Å². The average Bonchev–Trinajstić information content (AvgIpc) is 2.24. The predicted octanol–water partition coefficient (Wildman–Crippen LogP) is 0.579. The summed E-state index contributed by atoms with van der Waals surface area (Å²) in [5, 5.41) is 16.8. The zero-order valence-corrected chi connectivity index (χ0v) is 8.50. The number of hydrogen-bond donors (Lipinski definition) is 2. The third-order valence-corrected chi connectivity index (χ3v) is 1.81. The van der Waals surface area contributed by atoms with Crippen LogP contribution in [0.4, 0.5) is 0 Å². The molecule has 0 aliphatic rings. The summed E-state index contributed by atoms with van der Waals surface area (Å²) in [5.41, 5.74) is 1.13. The molecule has 15 heavy (non-hydrogen) atoms. The standard InChI is InChI=1S/C10H15BO4/c12-11(13)15-8-4-7-14-9-10-5-2-1-3-6-10/h1-3,5-6,12-13H,4,7-9H2. The Morgan fingerprint density at radius 1 is 1.07 bits per heavy atom. The largest absolute Gasteiger partial charge is 0.633 e. The average molecular weight is 210 g/mol. The van der Waals surface area contributed by atoms with Gasteiger partial charge in [0.1, 0.15) is 0 Å². The maximum absolute atomic E-state index is 8.38. The highest BCUT2D eigenvalue weighted by Crippen LogP contribution is 2.00. The lowest BCUT2D eigenvalue weighted by molar-refractivity contribution is 0.0972. The van der Waals surface area contributed by atoms with Crippen LogP contribution in [-0.4, -0.2) is 30.6 Å². The number of hydrogen-bond acceptors (Lipinski definition) is 4. The SMILES string of the molecule is OB(O)OCCCOCc1ccccc1. The molecule has 1 aromatic rings. The highest BCUT2D eigenvalue weighted by molar-refractivity contribution is 6.32. The van der Waals surface area contributed by atoms with Gasteiger partial charge < -0.3 is 19.4 Å². The molecule has 1 aromatic carbocycles. The number of rotatable bonds is 7. The molecule has 0 bridgehead atoms. The predicted molar refractivity (Wildman–Crippen MR) is 56.9 cm³/mol. The minimum Gasteiger partial charge on any atom is -0.402 e. The summed E-state index contributed by atoms with van der Waals surface area (Å²) in [6.45, 7) is 1.40. The quantitative estimate of drug-likeness (QED) is 0.510. The smallest absolute Gasteiger partial charge is 0.402 e. The van der Waals surface area contributed by atoms with Gasteiger partial charge in [-0.2, -0.15) is 0 Å². The molecule has 0 amide bonds. The molecule has 0 aliphatic heterocycles. The highest BCUT2D eigenvalue weighted by Gasteiger charge is 2.06. The van der Waals surface area contributed by atoms with Crippen molar-refractivity contribution in [3.63, 3.8) is 0 Å². The molecular weight excluding hydrogens is 195 g/mol. The molecular formula is C10H15BO4. The van der Waals surface area contributed by atoms with Crippen LogP contribution in [0.25, 0.3) is 0 Å². The van der Waals surface area contributed by atoms with Crippen LogP contribution in [0.15, 0.2) is 30.3 Å². The topological polar surface area (TPSA) is 58.9 Å². The molecule has 0 saturated carbocycles. The maximum Gasteiger partial charge on any atom is 0.633 e. The van der Waals surface area contributed by atoms with Crippen molar-refractivity contribution in [1.82, 2.24) is 0 Å². The molecule has 0 spiro atoms. The van der Waals surface area contributed by atoms with Crippen LogP contribution in [0, 0.1) is 0 Å². The van der Waals surface area contributed by atoms with Crippen molar-refractivity contribution in [2.24, 2.45) is 0 Å². The van der Waals surface area contributed by atoms with Crippen molar-refractivity contribution in [1.29, 1.82) is 0 Å². The van der Waals surface area contributed by atoms with E-state index in [9.17, 15) is 0 Å². The van der Waals surface area contributed by atoms with Crippen molar-refractivity contribution in [3.8, 4) is 0 Å². The number of benzene rings is 1. The molecule has 0 atom stereocenters. The fourth-order valence-electron chi connectivity index (χ4n) is 1.11. The summed E-state index contributed by atoms with van der Waals surface area (Å²) in [5.74, 6) is 0. The van der Waals surface area contributed by atoms with Gasteiger partial charge in [-0.25, -0.2) is 0 Å². The van der Waals surface area contributed by atoms with Crippen LogP contribution in [-0.2, 0) is 16.0 Å². The Hall–Kier alpha value is -0.875. The van der Waals surface area contributed by atoms with Crippen LogP contribution in [0.5, 0.6) is 0 Å². The minimum atomic E-state index is -1.68. The van der Waals surface area contributed by atoms with Gasteiger partial charge in [0.05, 0.1) is 6.61 Å². The molecule has 0 radical (unpaired) electrons. The second-order valence-electron chi connectivity index (χ2n) is 3.09. The molecule has 0 aromatic heterocycles. The zero-order chi connectivity index (χ0) is 10.9. The second kappa shape index (κ2) is 7.42. The summed E-state index contributed by atoms with van der Waals surface area (Å²) in [6, 6.07) is 9.87. The van der Waals surface area contributed by atoms with Crippen molar-refractivity contribution < 1.29 is 19.4 Å². The second-order valence-corrected chi connectivity index (χ2v) is 3.09. The summed E-state index contributed by atoms with van der Waals surface area (Å²) < 4.78 is 9.88. The van der Waals surface area contributed by atoms with Crippen molar-refractivity contribution in [2.75, 3.05) is 13.2 Å². The van der Waals surface area contributed by atoms with E-state index in [-0.39, 0.29) is 6.61 Å². The third-order valence-electron chi connectivity index (χ3n) is 1.81. The molecule has 0 saturated heterocycles. The van der Waals surface area contributed by atoms with E-state index >= 15 is 0 Å². The van der Waals surface area contributed by atoms with E-state index in [0.717, 1.165) is 5.56 Å². The Bertz CT molecular complexity index is 253. The van der Waals surface area contributed by atoms with E-state index in [1.54, 1.807) is 0 Å². The van der Waals surface area contributed by atoms with Gasteiger partial charge >= 0.3 is 7.32 Å². The fourth-order valence-corrected chi connectivity index (χ4v) is 1.11. The Morgan fingerprint density at radius 3 is 2.47 bits per heavy atom. The van der Waals surface area contributed by atoms with Gasteiger partial charge in [-0.3, -0.25) is 0 Å². The molecule has 82 valence electrons. The minimum absolute atomic E-state index is 0.284. The van der Waals surface area contributed by atoms with E-state index in [1.165, 1.54) is 0 Å². The Labute approximate surface area is 89.6 Å². The van der Waals surface area contributed by atoms with Crippen molar-refractivity contribution in [3.05, 3.63) is 35.9 Å². The molecule has 2 N–H and O–H groups in total. The molecule has 0 fully saturated rings. The van der Waals surface area contributed by atoms with Crippen LogP contribution >= 0.6 is 0 Å². The Balaban J connectivity index is 1.98. The molecule has 0 aliphatic carbocycles. The van der Waals surface area contributed by atoms with E-state index in [4.69, 9.17) is 14.8 Å². The normalized spacial score (nSPS) is 10.3. The van der Waals surface area contributed by atoms with Gasteiger partial charge in [0.25, 0.3) is 0 Å². The lowest BCUT2D eigenvalue weighted by Gasteiger charge is -2.04. The van der Waals surface area contributed by atoms with Crippen LogP contribution in [0.1, 0.15) is 12.0 Å². The van der Waals surface area contributed by atoms with E-state index in [0.29, 0.717) is 19.6 Å². The van der Waals surface area contributed by atoms with Gasteiger partial charge in [0.15, 0.2) is 0 Å². The number of ether oxygens (including phenoxy) is 1. The first-order chi connectivity index (χ1) is 7.29. The molecule has 0 unspecified atom stereocenters. The summed E-state index contributed by atoms with van der Waals surface area (Å²) >= 11 is 0. The zero-order valence-electron chi connectivity index (χ0n) is 8.50. The van der Waals surface area contributed by atoms with E-state index in [2.05, 4.69) is 4.65 Å². The summed E-state index contributed by atoms with van der Waals surface area (Å²) in [6.07, 6.45) is 0.643. The van der Waals surface area contributed by atoms with Crippen LogP contribution in [0.3, 0.4) is 0 Å². The lowest BCUT2D eigenvalue weighted by atomic mass is 10.2. The molecule has 4 nitrogen and oxygen atoms in total. The third kappa shape index (κ3) is 6.25. The van der Waals surface area contributed by atoms with Gasteiger partial charge in [0.2, 0.25) is 0 Å². The van der Waals surface area contributed by atoms with Gasteiger partial charge in [0, 0.05) is 13.2 Å². The molecule has 5 heteroatoms. The van der Waals surface area contributed by atoms with Gasteiger partial charge in [-0.15, -0.1) is 0 Å². The Morgan fingerprint density at radius 2 is 1.80 bits per heavy atom. The van der Waals surface area contributed by atoms with Crippen molar-refractivity contribution >= 4 is 7.32 Å². The molecule has 0 heterocycles. The summed E-state index contributed by atoms with van der Waals surface area (Å²) in [7, 11) is -1.68. The molecule has 1 rings (SSSR count). The first-order valence-corrected chi connectivity index (χ1v) is 4.88. The monoisotopic (exact) mass is 210 g/mol. The Kier molecular flexibility index (Phi) is 6.03. The van der Waals surface area contributed by atoms with Crippen LogP contribution < -0.4 is 0 Å². The highest BCUT2D eigenvalue weighted by atomic mass is 16.6.